The number of rotatable bonds is 10. The van der Waals surface area contributed by atoms with E-state index in [4.69, 9.17) is 4.74 Å². The van der Waals surface area contributed by atoms with Crippen LogP contribution in [0.5, 0.6) is 5.75 Å². The molecule has 1 fully saturated rings. The summed E-state index contributed by atoms with van der Waals surface area (Å²) in [6.07, 6.45) is 2.58. The molecule has 1 saturated heterocycles. The fourth-order valence-corrected chi connectivity index (χ4v) is 4.02. The Labute approximate surface area is 209 Å². The number of aliphatic hydroxyl groups excluding tert-OH is 1. The van der Waals surface area contributed by atoms with Gasteiger partial charge in [0.2, 0.25) is 0 Å². The third kappa shape index (κ3) is 8.26. The lowest BCUT2D eigenvalue weighted by Crippen LogP contribution is -2.43. The summed E-state index contributed by atoms with van der Waals surface area (Å²) in [6.45, 7) is 6.17. The van der Waals surface area contributed by atoms with E-state index in [-0.39, 0.29) is 30.0 Å². The van der Waals surface area contributed by atoms with Gasteiger partial charge in [-0.1, -0.05) is 42.5 Å². The van der Waals surface area contributed by atoms with Crippen molar-refractivity contribution in [2.24, 2.45) is 4.99 Å². The number of aliphatic hydroxyl groups is 1. The van der Waals surface area contributed by atoms with Crippen molar-refractivity contribution in [1.82, 2.24) is 15.5 Å². The van der Waals surface area contributed by atoms with Gasteiger partial charge < -0.3 is 20.5 Å². The number of hydrogen-bond acceptors (Lipinski definition) is 4. The van der Waals surface area contributed by atoms with E-state index >= 15 is 0 Å². The Morgan fingerprint density at radius 2 is 1.75 bits per heavy atom. The second kappa shape index (κ2) is 14.3. The zero-order valence-corrected chi connectivity index (χ0v) is 21.5. The van der Waals surface area contributed by atoms with E-state index in [1.807, 2.05) is 42.5 Å². The summed E-state index contributed by atoms with van der Waals surface area (Å²) >= 11 is 0. The minimum atomic E-state index is -0.506. The summed E-state index contributed by atoms with van der Waals surface area (Å²) in [4.78, 5) is 7.17. The minimum Gasteiger partial charge on any atom is -0.497 e. The lowest BCUT2D eigenvalue weighted by molar-refractivity contribution is 0.183. The molecule has 2 aromatic carbocycles. The van der Waals surface area contributed by atoms with Crippen LogP contribution in [-0.4, -0.2) is 61.9 Å². The van der Waals surface area contributed by atoms with E-state index < -0.39 is 6.10 Å². The van der Waals surface area contributed by atoms with Crippen LogP contribution in [0.25, 0.3) is 0 Å². The van der Waals surface area contributed by atoms with Crippen LogP contribution in [-0.2, 0) is 6.42 Å². The molecule has 1 aliphatic rings. The molecule has 2 atom stereocenters. The van der Waals surface area contributed by atoms with Crippen LogP contribution in [0.4, 0.5) is 0 Å². The number of halogens is 1. The molecular formula is C25H37IN4O2. The number of benzene rings is 2. The second-order valence-electron chi connectivity index (χ2n) is 7.98. The SMILES string of the molecule is CCNC(=NCC(O)Cc1ccccc1)NCC(c1ccc(OC)cc1)N1CCCC1.I. The van der Waals surface area contributed by atoms with Crippen LogP contribution in [0.2, 0.25) is 0 Å². The topological polar surface area (TPSA) is 69.1 Å². The Hall–Kier alpha value is -1.84. The molecule has 0 radical (unpaired) electrons. The molecule has 0 spiro atoms. The monoisotopic (exact) mass is 552 g/mol. The maximum atomic E-state index is 10.4. The van der Waals surface area contributed by atoms with Crippen LogP contribution in [0.15, 0.2) is 59.6 Å². The number of likely N-dealkylation sites (tertiary alicyclic amines) is 1. The first kappa shape index (κ1) is 26.4. The number of nitrogens with one attached hydrogen (secondary N) is 2. The van der Waals surface area contributed by atoms with Gasteiger partial charge >= 0.3 is 0 Å². The fourth-order valence-electron chi connectivity index (χ4n) is 4.02. The van der Waals surface area contributed by atoms with Crippen LogP contribution in [0, 0.1) is 0 Å². The van der Waals surface area contributed by atoms with E-state index in [0.29, 0.717) is 13.0 Å². The highest BCUT2D eigenvalue weighted by molar-refractivity contribution is 14.0. The first-order valence-corrected chi connectivity index (χ1v) is 11.3. The minimum absolute atomic E-state index is 0. The fraction of sp³-hybridized carbons (Fsp3) is 0.480. The molecule has 1 heterocycles. The number of nitrogens with zero attached hydrogens (tertiary/aromatic N) is 2. The Bertz CT molecular complexity index is 795. The molecule has 0 bridgehead atoms. The van der Waals surface area contributed by atoms with Gasteiger partial charge in [-0.15, -0.1) is 24.0 Å². The van der Waals surface area contributed by atoms with E-state index in [1.165, 1.54) is 18.4 Å². The number of ether oxygens (including phenoxy) is 1. The molecule has 0 aliphatic carbocycles. The van der Waals surface area contributed by atoms with E-state index in [0.717, 1.165) is 43.5 Å². The highest BCUT2D eigenvalue weighted by Gasteiger charge is 2.23. The zero-order valence-electron chi connectivity index (χ0n) is 19.2. The molecule has 0 saturated carbocycles. The van der Waals surface area contributed by atoms with Crippen molar-refractivity contribution < 1.29 is 9.84 Å². The quantitative estimate of drug-likeness (QED) is 0.239. The summed E-state index contributed by atoms with van der Waals surface area (Å²) in [7, 11) is 1.69. The maximum absolute atomic E-state index is 10.4. The number of guanidine groups is 1. The van der Waals surface area contributed by atoms with Crippen LogP contribution in [0.1, 0.15) is 36.9 Å². The van der Waals surface area contributed by atoms with Crippen LogP contribution in [0.3, 0.4) is 0 Å². The molecule has 3 rings (SSSR count). The van der Waals surface area contributed by atoms with Crippen molar-refractivity contribution in [1.29, 1.82) is 0 Å². The van der Waals surface area contributed by atoms with Gasteiger partial charge in [-0.25, -0.2) is 0 Å². The third-order valence-corrected chi connectivity index (χ3v) is 5.66. The van der Waals surface area contributed by atoms with Gasteiger partial charge in [-0.3, -0.25) is 9.89 Å². The molecule has 0 aromatic heterocycles. The highest BCUT2D eigenvalue weighted by atomic mass is 127. The predicted octanol–water partition coefficient (Wildman–Crippen LogP) is 3.61. The first-order chi connectivity index (χ1) is 15.2. The van der Waals surface area contributed by atoms with Gasteiger partial charge in [0, 0.05) is 19.5 Å². The van der Waals surface area contributed by atoms with Gasteiger partial charge in [0.05, 0.1) is 25.8 Å². The number of aliphatic imine (C=N–C) groups is 1. The normalized spacial score (nSPS) is 16.2. The molecule has 3 N–H and O–H groups in total. The molecule has 176 valence electrons. The average Bonchev–Trinajstić information content (AvgIpc) is 3.33. The van der Waals surface area contributed by atoms with Crippen molar-refractivity contribution in [3.05, 3.63) is 65.7 Å². The predicted molar refractivity (Wildman–Crippen MR) is 142 cm³/mol. The number of methoxy groups -OCH3 is 1. The van der Waals surface area contributed by atoms with Crippen molar-refractivity contribution in [3.8, 4) is 5.75 Å². The molecule has 0 amide bonds. The summed E-state index contributed by atoms with van der Waals surface area (Å²) < 4.78 is 5.32. The molecule has 6 nitrogen and oxygen atoms in total. The Morgan fingerprint density at radius 3 is 2.38 bits per heavy atom. The van der Waals surface area contributed by atoms with Gasteiger partial charge in [0.15, 0.2) is 5.96 Å². The van der Waals surface area contributed by atoms with Crippen molar-refractivity contribution in [2.45, 2.75) is 38.3 Å². The summed E-state index contributed by atoms with van der Waals surface area (Å²) in [6, 6.07) is 18.7. The second-order valence-corrected chi connectivity index (χ2v) is 7.98. The number of hydrogen-bond donors (Lipinski definition) is 3. The standard InChI is InChI=1S/C25H36N4O2.HI/c1-3-26-25(27-18-22(30)17-20-9-5-4-6-10-20)28-19-24(29-15-7-8-16-29)21-11-13-23(31-2)14-12-21;/h4-6,9-14,22,24,30H,3,7-8,15-19H2,1-2H3,(H2,26,27,28);1H. The Morgan fingerprint density at radius 1 is 1.06 bits per heavy atom. The molecule has 1 aliphatic heterocycles. The zero-order chi connectivity index (χ0) is 21.9. The summed E-state index contributed by atoms with van der Waals surface area (Å²) in [5.74, 6) is 1.62. The average molecular weight is 553 g/mol. The lowest BCUT2D eigenvalue weighted by atomic mass is 10.1. The highest BCUT2D eigenvalue weighted by Crippen LogP contribution is 2.26. The van der Waals surface area contributed by atoms with Gasteiger partial charge in [0.1, 0.15) is 5.75 Å². The van der Waals surface area contributed by atoms with E-state index in [9.17, 15) is 5.11 Å². The molecule has 2 aromatic rings. The molecular weight excluding hydrogens is 515 g/mol. The van der Waals surface area contributed by atoms with Crippen LogP contribution < -0.4 is 15.4 Å². The summed E-state index contributed by atoms with van der Waals surface area (Å²) in [5, 5.41) is 17.2. The van der Waals surface area contributed by atoms with Crippen molar-refractivity contribution in [2.75, 3.05) is 39.8 Å². The summed E-state index contributed by atoms with van der Waals surface area (Å²) in [5.41, 5.74) is 2.40. The van der Waals surface area contributed by atoms with Gasteiger partial charge in [0.25, 0.3) is 0 Å². The van der Waals surface area contributed by atoms with E-state index in [2.05, 4.69) is 39.6 Å². The van der Waals surface area contributed by atoms with Crippen LogP contribution >= 0.6 is 24.0 Å². The maximum Gasteiger partial charge on any atom is 0.191 e. The van der Waals surface area contributed by atoms with Gasteiger partial charge in [-0.2, -0.15) is 0 Å². The van der Waals surface area contributed by atoms with Crippen molar-refractivity contribution >= 4 is 29.9 Å². The third-order valence-electron chi connectivity index (χ3n) is 5.66. The molecule has 32 heavy (non-hydrogen) atoms. The van der Waals surface area contributed by atoms with Crippen molar-refractivity contribution in [3.63, 3.8) is 0 Å². The molecule has 7 heteroatoms. The first-order valence-electron chi connectivity index (χ1n) is 11.3. The van der Waals surface area contributed by atoms with E-state index in [1.54, 1.807) is 7.11 Å². The van der Waals surface area contributed by atoms with Gasteiger partial charge in [-0.05, 0) is 56.1 Å². The largest absolute Gasteiger partial charge is 0.497 e. The Balaban J connectivity index is 0.00000363. The smallest absolute Gasteiger partial charge is 0.191 e. The Kier molecular flexibility index (Phi) is 11.8. The lowest BCUT2D eigenvalue weighted by Gasteiger charge is -2.29. The molecule has 2 unspecified atom stereocenters.